The first-order valence-electron chi connectivity index (χ1n) is 6.84. The molecule has 0 fully saturated rings. The Morgan fingerprint density at radius 2 is 1.90 bits per heavy atom. The highest BCUT2D eigenvalue weighted by Gasteiger charge is 2.20. The fraction of sp³-hybridized carbons (Fsp3) is 0.467. The van der Waals surface area contributed by atoms with E-state index in [1.807, 2.05) is 45.0 Å². The molecule has 1 N–H and O–H groups in total. The van der Waals surface area contributed by atoms with E-state index < -0.39 is 5.97 Å². The summed E-state index contributed by atoms with van der Waals surface area (Å²) in [6.45, 7) is 7.01. The minimum absolute atomic E-state index is 0.0368. The number of carbonyl (C=O) groups is 2. The quantitative estimate of drug-likeness (QED) is 0.870. The van der Waals surface area contributed by atoms with Gasteiger partial charge in [0.1, 0.15) is 0 Å². The van der Waals surface area contributed by atoms with Crippen LogP contribution in [-0.2, 0) is 4.79 Å². The number of carboxylic acid groups (broad SMARTS) is 1. The second-order valence-corrected chi connectivity index (χ2v) is 4.59. The third-order valence-corrected chi connectivity index (χ3v) is 3.11. The van der Waals surface area contributed by atoms with Crippen LogP contribution in [-0.4, -0.2) is 41.6 Å². The highest BCUT2D eigenvalue weighted by molar-refractivity contribution is 5.92. The van der Waals surface area contributed by atoms with Gasteiger partial charge in [0.25, 0.3) is 0 Å². The molecule has 0 saturated carbocycles. The summed E-state index contributed by atoms with van der Waals surface area (Å²) in [6.07, 6.45) is -0.0368. The van der Waals surface area contributed by atoms with Crippen molar-refractivity contribution in [3.63, 3.8) is 0 Å². The first-order chi connectivity index (χ1) is 9.49. The molecule has 5 nitrogen and oxygen atoms in total. The van der Waals surface area contributed by atoms with Crippen LogP contribution in [0.4, 0.5) is 10.5 Å². The maximum atomic E-state index is 12.5. The van der Waals surface area contributed by atoms with Crippen molar-refractivity contribution >= 4 is 17.7 Å². The maximum absolute atomic E-state index is 12.5. The highest BCUT2D eigenvalue weighted by Crippen LogP contribution is 2.17. The van der Waals surface area contributed by atoms with Gasteiger partial charge in [0.2, 0.25) is 0 Å². The Morgan fingerprint density at radius 3 is 2.40 bits per heavy atom. The van der Waals surface area contributed by atoms with E-state index in [0.717, 1.165) is 11.3 Å². The number of aliphatic carboxylic acids is 1. The molecule has 20 heavy (non-hydrogen) atoms. The second-order valence-electron chi connectivity index (χ2n) is 4.59. The van der Waals surface area contributed by atoms with Crippen LogP contribution in [0.25, 0.3) is 0 Å². The largest absolute Gasteiger partial charge is 0.481 e. The van der Waals surface area contributed by atoms with E-state index in [1.54, 1.807) is 9.80 Å². The second kappa shape index (κ2) is 7.53. The number of hydrogen-bond acceptors (Lipinski definition) is 2. The van der Waals surface area contributed by atoms with E-state index in [0.29, 0.717) is 13.1 Å². The average Bonchev–Trinajstić information content (AvgIpc) is 2.40. The summed E-state index contributed by atoms with van der Waals surface area (Å²) in [5.74, 6) is -0.894. The van der Waals surface area contributed by atoms with Crippen LogP contribution >= 0.6 is 0 Å². The zero-order valence-corrected chi connectivity index (χ0v) is 12.3. The fourth-order valence-electron chi connectivity index (χ4n) is 2.01. The Labute approximate surface area is 119 Å². The molecule has 0 aliphatic rings. The maximum Gasteiger partial charge on any atom is 0.324 e. The molecule has 0 unspecified atom stereocenters. The zero-order chi connectivity index (χ0) is 15.1. The smallest absolute Gasteiger partial charge is 0.324 e. The Bertz CT molecular complexity index is 474. The van der Waals surface area contributed by atoms with Crippen molar-refractivity contribution < 1.29 is 14.7 Å². The lowest BCUT2D eigenvalue weighted by Gasteiger charge is -2.29. The number of anilines is 1. The molecule has 0 saturated heterocycles. The molecule has 110 valence electrons. The third-order valence-electron chi connectivity index (χ3n) is 3.11. The van der Waals surface area contributed by atoms with Gasteiger partial charge in [-0.25, -0.2) is 4.79 Å². The molecule has 1 rings (SSSR count). The number of rotatable bonds is 6. The molecule has 2 amide bonds. The monoisotopic (exact) mass is 278 g/mol. The van der Waals surface area contributed by atoms with Gasteiger partial charge in [-0.15, -0.1) is 0 Å². The number of nitrogens with zero attached hydrogens (tertiary/aromatic N) is 2. The van der Waals surface area contributed by atoms with Crippen molar-refractivity contribution in [2.45, 2.75) is 27.2 Å². The van der Waals surface area contributed by atoms with Crippen molar-refractivity contribution in [3.8, 4) is 0 Å². The SMILES string of the molecule is CCN(CCC(=O)O)C(=O)N(CC)c1cccc(C)c1. The van der Waals surface area contributed by atoms with Gasteiger partial charge < -0.3 is 10.0 Å². The van der Waals surface area contributed by atoms with E-state index in [-0.39, 0.29) is 19.0 Å². The lowest BCUT2D eigenvalue weighted by molar-refractivity contribution is -0.137. The standard InChI is InChI=1S/C15H22N2O3/c1-4-16(10-9-14(18)19)15(20)17(5-2)13-8-6-7-12(3)11-13/h6-8,11H,4-5,9-10H2,1-3H3,(H,18,19). The first-order valence-corrected chi connectivity index (χ1v) is 6.84. The van der Waals surface area contributed by atoms with E-state index in [1.165, 1.54) is 0 Å². The summed E-state index contributed by atoms with van der Waals surface area (Å²) < 4.78 is 0. The molecule has 0 bridgehead atoms. The van der Waals surface area contributed by atoms with Crippen LogP contribution in [0.2, 0.25) is 0 Å². The zero-order valence-electron chi connectivity index (χ0n) is 12.3. The van der Waals surface area contributed by atoms with Crippen LogP contribution in [0.15, 0.2) is 24.3 Å². The molecule has 0 radical (unpaired) electrons. The summed E-state index contributed by atoms with van der Waals surface area (Å²) in [7, 11) is 0. The number of urea groups is 1. The molecule has 0 aliphatic carbocycles. The molecular weight excluding hydrogens is 256 g/mol. The van der Waals surface area contributed by atoms with Crippen molar-refractivity contribution in [2.24, 2.45) is 0 Å². The van der Waals surface area contributed by atoms with Crippen molar-refractivity contribution in [1.29, 1.82) is 0 Å². The minimum Gasteiger partial charge on any atom is -0.481 e. The van der Waals surface area contributed by atoms with Gasteiger partial charge in [-0.05, 0) is 38.5 Å². The number of benzene rings is 1. The summed E-state index contributed by atoms with van der Waals surface area (Å²) in [6, 6.07) is 7.57. The first kappa shape index (κ1) is 16.0. The Kier molecular flexibility index (Phi) is 6.03. The average molecular weight is 278 g/mol. The van der Waals surface area contributed by atoms with Gasteiger partial charge in [0.15, 0.2) is 0 Å². The number of aryl methyl sites for hydroxylation is 1. The van der Waals surface area contributed by atoms with Gasteiger partial charge in [0.05, 0.1) is 6.42 Å². The molecule has 0 aliphatic heterocycles. The van der Waals surface area contributed by atoms with Crippen LogP contribution in [0, 0.1) is 6.92 Å². The van der Waals surface area contributed by atoms with Gasteiger partial charge >= 0.3 is 12.0 Å². The van der Waals surface area contributed by atoms with E-state index in [9.17, 15) is 9.59 Å². The lowest BCUT2D eigenvalue weighted by atomic mass is 10.2. The Morgan fingerprint density at radius 1 is 1.20 bits per heavy atom. The van der Waals surface area contributed by atoms with Crippen LogP contribution in [0.3, 0.4) is 0 Å². The third kappa shape index (κ3) is 4.26. The molecule has 0 aromatic heterocycles. The highest BCUT2D eigenvalue weighted by atomic mass is 16.4. The predicted molar refractivity (Wildman–Crippen MR) is 79.1 cm³/mol. The molecular formula is C15H22N2O3. The van der Waals surface area contributed by atoms with E-state index >= 15 is 0 Å². The van der Waals surface area contributed by atoms with Crippen molar-refractivity contribution in [2.75, 3.05) is 24.5 Å². The number of carboxylic acids is 1. The molecule has 1 aromatic carbocycles. The number of carbonyl (C=O) groups excluding carboxylic acids is 1. The van der Waals surface area contributed by atoms with Crippen LogP contribution < -0.4 is 4.90 Å². The summed E-state index contributed by atoms with van der Waals surface area (Å²) >= 11 is 0. The minimum atomic E-state index is -0.894. The van der Waals surface area contributed by atoms with E-state index in [2.05, 4.69) is 0 Å². The molecule has 5 heteroatoms. The summed E-state index contributed by atoms with van der Waals surface area (Å²) in [5.41, 5.74) is 1.92. The van der Waals surface area contributed by atoms with Crippen LogP contribution in [0.1, 0.15) is 25.8 Å². The number of amides is 2. The van der Waals surface area contributed by atoms with Crippen LogP contribution in [0.5, 0.6) is 0 Å². The lowest BCUT2D eigenvalue weighted by Crippen LogP contribution is -2.44. The van der Waals surface area contributed by atoms with Crippen molar-refractivity contribution in [3.05, 3.63) is 29.8 Å². The molecule has 0 spiro atoms. The summed E-state index contributed by atoms with van der Waals surface area (Å²) in [5, 5.41) is 8.74. The van der Waals surface area contributed by atoms with Gasteiger partial charge in [-0.2, -0.15) is 0 Å². The van der Waals surface area contributed by atoms with E-state index in [4.69, 9.17) is 5.11 Å². The molecule has 1 aromatic rings. The predicted octanol–water partition coefficient (Wildman–Crippen LogP) is 2.74. The molecule has 0 atom stereocenters. The fourth-order valence-corrected chi connectivity index (χ4v) is 2.01. The van der Waals surface area contributed by atoms with Crippen molar-refractivity contribution in [1.82, 2.24) is 4.90 Å². The van der Waals surface area contributed by atoms with Gasteiger partial charge in [0, 0.05) is 25.3 Å². The molecule has 0 heterocycles. The normalized spacial score (nSPS) is 10.2. The summed E-state index contributed by atoms with van der Waals surface area (Å²) in [4.78, 5) is 26.4. The Hall–Kier alpha value is -2.04. The number of hydrogen-bond donors (Lipinski definition) is 1. The topological polar surface area (TPSA) is 60.9 Å². The van der Waals surface area contributed by atoms with Gasteiger partial charge in [-0.3, -0.25) is 9.69 Å². The van der Waals surface area contributed by atoms with Gasteiger partial charge in [-0.1, -0.05) is 12.1 Å². The Balaban J connectivity index is 2.87.